The first-order chi connectivity index (χ1) is 9.56. The highest BCUT2D eigenvalue weighted by Crippen LogP contribution is 2.37. The molecule has 0 saturated heterocycles. The van der Waals surface area contributed by atoms with Crippen molar-refractivity contribution in [1.82, 2.24) is 19.7 Å². The minimum absolute atomic E-state index is 0.146. The van der Waals surface area contributed by atoms with Crippen molar-refractivity contribution < 1.29 is 4.79 Å². The largest absolute Gasteiger partial charge is 0.384 e. The summed E-state index contributed by atoms with van der Waals surface area (Å²) in [7, 11) is 1.76. The van der Waals surface area contributed by atoms with Gasteiger partial charge in [0.2, 0.25) is 0 Å². The molecule has 0 unspecified atom stereocenters. The van der Waals surface area contributed by atoms with E-state index in [2.05, 4.69) is 10.4 Å². The Bertz CT molecular complexity index is 656. The smallest absolute Gasteiger partial charge is 0.268 e. The Hall–Kier alpha value is -1.95. The summed E-state index contributed by atoms with van der Waals surface area (Å²) in [5.41, 5.74) is 7.24. The molecule has 1 aliphatic carbocycles. The van der Waals surface area contributed by atoms with Crippen molar-refractivity contribution in [3.8, 4) is 0 Å². The van der Waals surface area contributed by atoms with Gasteiger partial charge in [0.15, 0.2) is 0 Å². The van der Waals surface area contributed by atoms with Crippen LogP contribution in [-0.2, 0) is 13.6 Å². The standard InChI is InChI=1S/C13H16ClN5O/c1-18-12(15)8(6-17-18)5-16-13(20)11-4-9(14)7-19(11)10-2-3-10/h4,6-7,10H,2-3,5,15H2,1H3,(H,16,20). The Morgan fingerprint density at radius 3 is 2.95 bits per heavy atom. The Balaban J connectivity index is 1.72. The van der Waals surface area contributed by atoms with Gasteiger partial charge in [-0.25, -0.2) is 0 Å². The van der Waals surface area contributed by atoms with Gasteiger partial charge >= 0.3 is 0 Å². The summed E-state index contributed by atoms with van der Waals surface area (Å²) in [6, 6.07) is 2.11. The highest BCUT2D eigenvalue weighted by atomic mass is 35.5. The Labute approximate surface area is 121 Å². The second kappa shape index (κ2) is 4.86. The van der Waals surface area contributed by atoms with E-state index in [0.29, 0.717) is 29.1 Å². The van der Waals surface area contributed by atoms with Crippen molar-refractivity contribution in [2.45, 2.75) is 25.4 Å². The zero-order valence-electron chi connectivity index (χ0n) is 11.1. The number of halogens is 1. The van der Waals surface area contributed by atoms with E-state index in [1.165, 1.54) is 0 Å². The van der Waals surface area contributed by atoms with Crippen molar-refractivity contribution in [2.24, 2.45) is 7.05 Å². The lowest BCUT2D eigenvalue weighted by Gasteiger charge is -2.08. The summed E-state index contributed by atoms with van der Waals surface area (Å²) in [5, 5.41) is 7.48. The molecule has 20 heavy (non-hydrogen) atoms. The van der Waals surface area contributed by atoms with Crippen LogP contribution in [0.1, 0.15) is 34.9 Å². The second-order valence-corrected chi connectivity index (χ2v) is 5.48. The predicted molar refractivity (Wildman–Crippen MR) is 76.5 cm³/mol. The molecule has 1 saturated carbocycles. The summed E-state index contributed by atoms with van der Waals surface area (Å²) in [6.07, 6.45) is 5.66. The number of aromatic nitrogens is 3. The number of nitrogens with zero attached hydrogens (tertiary/aromatic N) is 3. The summed E-state index contributed by atoms with van der Waals surface area (Å²) in [4.78, 5) is 12.2. The van der Waals surface area contributed by atoms with Gasteiger partial charge in [-0.1, -0.05) is 11.6 Å². The van der Waals surface area contributed by atoms with Gasteiger partial charge in [-0.2, -0.15) is 5.10 Å². The fraction of sp³-hybridized carbons (Fsp3) is 0.385. The van der Waals surface area contributed by atoms with Gasteiger partial charge < -0.3 is 15.6 Å². The van der Waals surface area contributed by atoms with Gasteiger partial charge in [-0.05, 0) is 18.9 Å². The van der Waals surface area contributed by atoms with Crippen LogP contribution >= 0.6 is 11.6 Å². The van der Waals surface area contributed by atoms with E-state index >= 15 is 0 Å². The van der Waals surface area contributed by atoms with Gasteiger partial charge in [-0.15, -0.1) is 0 Å². The molecule has 2 heterocycles. The summed E-state index contributed by atoms with van der Waals surface area (Å²) < 4.78 is 3.52. The van der Waals surface area contributed by atoms with E-state index in [-0.39, 0.29) is 5.91 Å². The van der Waals surface area contributed by atoms with Crippen LogP contribution in [0.15, 0.2) is 18.5 Å². The third kappa shape index (κ3) is 2.38. The number of nitrogens with two attached hydrogens (primary N) is 1. The first-order valence-electron chi connectivity index (χ1n) is 6.48. The van der Waals surface area contributed by atoms with Crippen molar-refractivity contribution in [3.05, 3.63) is 34.7 Å². The van der Waals surface area contributed by atoms with Crippen LogP contribution in [0.4, 0.5) is 5.82 Å². The quantitative estimate of drug-likeness (QED) is 0.901. The lowest BCUT2D eigenvalue weighted by atomic mass is 10.3. The normalized spacial score (nSPS) is 14.5. The third-order valence-corrected chi connectivity index (χ3v) is 3.70. The number of rotatable bonds is 4. The molecule has 0 radical (unpaired) electrons. The summed E-state index contributed by atoms with van der Waals surface area (Å²) in [5.74, 6) is 0.410. The molecule has 2 aromatic heterocycles. The fourth-order valence-electron chi connectivity index (χ4n) is 2.18. The molecule has 0 aliphatic heterocycles. The SMILES string of the molecule is Cn1ncc(CNC(=O)c2cc(Cl)cn2C2CC2)c1N. The zero-order valence-corrected chi connectivity index (χ0v) is 11.9. The highest BCUT2D eigenvalue weighted by Gasteiger charge is 2.27. The maximum atomic E-state index is 12.2. The number of hydrogen-bond acceptors (Lipinski definition) is 3. The van der Waals surface area contributed by atoms with Gasteiger partial charge in [0.05, 0.1) is 11.2 Å². The molecule has 2 aromatic rings. The molecule has 1 fully saturated rings. The molecular formula is C13H16ClN5O. The molecule has 0 bridgehead atoms. The van der Waals surface area contributed by atoms with Crippen LogP contribution in [-0.4, -0.2) is 20.3 Å². The maximum absolute atomic E-state index is 12.2. The second-order valence-electron chi connectivity index (χ2n) is 5.04. The Morgan fingerprint density at radius 2 is 2.35 bits per heavy atom. The first-order valence-corrected chi connectivity index (χ1v) is 6.86. The minimum Gasteiger partial charge on any atom is -0.384 e. The number of carbonyl (C=O) groups excluding carboxylic acids is 1. The van der Waals surface area contributed by atoms with E-state index < -0.39 is 0 Å². The number of anilines is 1. The lowest BCUT2D eigenvalue weighted by molar-refractivity contribution is 0.0941. The van der Waals surface area contributed by atoms with Gasteiger partial charge in [0.25, 0.3) is 5.91 Å². The van der Waals surface area contributed by atoms with Crippen LogP contribution in [0.5, 0.6) is 0 Å². The molecular weight excluding hydrogens is 278 g/mol. The lowest BCUT2D eigenvalue weighted by Crippen LogP contribution is -2.25. The highest BCUT2D eigenvalue weighted by molar-refractivity contribution is 6.31. The Kier molecular flexibility index (Phi) is 3.17. The van der Waals surface area contributed by atoms with Gasteiger partial charge in [-0.3, -0.25) is 9.48 Å². The van der Waals surface area contributed by atoms with Crippen LogP contribution in [0.2, 0.25) is 5.02 Å². The average Bonchev–Trinajstić information content (AvgIpc) is 3.13. The van der Waals surface area contributed by atoms with Crippen LogP contribution in [0, 0.1) is 0 Å². The molecule has 0 spiro atoms. The van der Waals surface area contributed by atoms with Crippen LogP contribution < -0.4 is 11.1 Å². The fourth-order valence-corrected chi connectivity index (χ4v) is 2.39. The number of aryl methyl sites for hydroxylation is 1. The summed E-state index contributed by atoms with van der Waals surface area (Å²) >= 11 is 5.99. The monoisotopic (exact) mass is 293 g/mol. The Morgan fingerprint density at radius 1 is 1.60 bits per heavy atom. The molecule has 3 rings (SSSR count). The van der Waals surface area contributed by atoms with Crippen LogP contribution in [0.25, 0.3) is 0 Å². The number of amides is 1. The third-order valence-electron chi connectivity index (χ3n) is 3.49. The molecule has 6 nitrogen and oxygen atoms in total. The van der Waals surface area contributed by atoms with Gasteiger partial charge in [0, 0.05) is 31.4 Å². The molecule has 1 aliphatic rings. The maximum Gasteiger partial charge on any atom is 0.268 e. The molecule has 3 N–H and O–H groups in total. The van der Waals surface area contributed by atoms with Crippen molar-refractivity contribution in [1.29, 1.82) is 0 Å². The molecule has 7 heteroatoms. The minimum atomic E-state index is -0.146. The van der Waals surface area contributed by atoms with Crippen molar-refractivity contribution in [3.63, 3.8) is 0 Å². The van der Waals surface area contributed by atoms with E-state index in [4.69, 9.17) is 17.3 Å². The topological polar surface area (TPSA) is 77.9 Å². The molecule has 0 aromatic carbocycles. The van der Waals surface area contributed by atoms with Crippen molar-refractivity contribution in [2.75, 3.05) is 5.73 Å². The van der Waals surface area contributed by atoms with E-state index in [0.717, 1.165) is 18.4 Å². The first kappa shape index (κ1) is 13.1. The number of nitrogens with one attached hydrogen (secondary N) is 1. The van der Waals surface area contributed by atoms with Gasteiger partial charge in [0.1, 0.15) is 11.5 Å². The van der Waals surface area contributed by atoms with E-state index in [1.54, 1.807) is 24.0 Å². The summed E-state index contributed by atoms with van der Waals surface area (Å²) in [6.45, 7) is 0.353. The molecule has 106 valence electrons. The molecule has 1 amide bonds. The molecule has 0 atom stereocenters. The average molecular weight is 294 g/mol. The predicted octanol–water partition coefficient (Wildman–Crippen LogP) is 1.72. The number of hydrogen-bond donors (Lipinski definition) is 2. The number of carbonyl (C=O) groups is 1. The van der Waals surface area contributed by atoms with E-state index in [1.807, 2.05) is 10.8 Å². The van der Waals surface area contributed by atoms with E-state index in [9.17, 15) is 4.79 Å². The zero-order chi connectivity index (χ0) is 14.3. The van der Waals surface area contributed by atoms with Crippen molar-refractivity contribution >= 4 is 23.3 Å². The number of nitrogen functional groups attached to an aromatic ring is 1. The van der Waals surface area contributed by atoms with Crippen LogP contribution in [0.3, 0.4) is 0 Å².